The van der Waals surface area contributed by atoms with Crippen molar-refractivity contribution in [1.29, 1.82) is 0 Å². The molecule has 3 unspecified atom stereocenters. The van der Waals surface area contributed by atoms with Crippen molar-refractivity contribution in [3.8, 4) is 0 Å². The highest BCUT2D eigenvalue weighted by atomic mass is 16.1. The number of carbonyl (C=O) groups excluding carboxylic acids is 1. The molecule has 2 rings (SSSR count). The maximum atomic E-state index is 11.1. The van der Waals surface area contributed by atoms with E-state index in [-0.39, 0.29) is 5.91 Å². The molecular weight excluding hydrogens is 190 g/mol. The summed E-state index contributed by atoms with van der Waals surface area (Å²) in [5, 5.41) is 3.01. The van der Waals surface area contributed by atoms with Crippen molar-refractivity contribution >= 4 is 5.91 Å². The predicted octanol–water partition coefficient (Wildman–Crippen LogP) is -0.0659. The molecule has 3 atom stereocenters. The molecule has 0 aromatic carbocycles. The van der Waals surface area contributed by atoms with Crippen molar-refractivity contribution in [2.24, 2.45) is 11.7 Å². The lowest BCUT2D eigenvalue weighted by Crippen LogP contribution is -2.38. The highest BCUT2D eigenvalue weighted by Crippen LogP contribution is 2.20. The van der Waals surface area contributed by atoms with Gasteiger partial charge in [0.05, 0.1) is 0 Å². The SMILES string of the molecule is CC(N)C1CCN(CC2CCC(=O)N2)C1. The van der Waals surface area contributed by atoms with Gasteiger partial charge in [0.25, 0.3) is 0 Å². The van der Waals surface area contributed by atoms with Gasteiger partial charge in [-0.1, -0.05) is 0 Å². The van der Waals surface area contributed by atoms with Crippen molar-refractivity contribution in [2.75, 3.05) is 19.6 Å². The number of likely N-dealkylation sites (tertiary alicyclic amines) is 1. The Kier molecular flexibility index (Phi) is 3.26. The minimum absolute atomic E-state index is 0.211. The Morgan fingerprint density at radius 2 is 2.40 bits per heavy atom. The van der Waals surface area contributed by atoms with Crippen LogP contribution in [0, 0.1) is 5.92 Å². The average Bonchev–Trinajstić information content (AvgIpc) is 2.76. The lowest BCUT2D eigenvalue weighted by Gasteiger charge is -2.21. The van der Waals surface area contributed by atoms with Gasteiger partial charge < -0.3 is 16.0 Å². The van der Waals surface area contributed by atoms with E-state index in [0.717, 1.165) is 26.1 Å². The number of carbonyl (C=O) groups is 1. The molecule has 1 amide bonds. The first-order valence-corrected chi connectivity index (χ1v) is 5.92. The zero-order chi connectivity index (χ0) is 10.8. The summed E-state index contributed by atoms with van der Waals surface area (Å²) >= 11 is 0. The third kappa shape index (κ3) is 2.69. The Morgan fingerprint density at radius 3 is 2.93 bits per heavy atom. The lowest BCUT2D eigenvalue weighted by molar-refractivity contribution is -0.119. The quantitative estimate of drug-likeness (QED) is 0.687. The number of nitrogens with zero attached hydrogens (tertiary/aromatic N) is 1. The zero-order valence-corrected chi connectivity index (χ0v) is 9.41. The van der Waals surface area contributed by atoms with Crippen LogP contribution >= 0.6 is 0 Å². The number of amides is 1. The molecular formula is C11H21N3O. The van der Waals surface area contributed by atoms with Crippen molar-refractivity contribution in [2.45, 2.75) is 38.3 Å². The fourth-order valence-electron chi connectivity index (χ4n) is 2.58. The molecule has 2 saturated heterocycles. The molecule has 2 aliphatic heterocycles. The van der Waals surface area contributed by atoms with Gasteiger partial charge in [-0.25, -0.2) is 0 Å². The van der Waals surface area contributed by atoms with Gasteiger partial charge in [0.1, 0.15) is 0 Å². The number of rotatable bonds is 3. The van der Waals surface area contributed by atoms with Crippen LogP contribution in [0.5, 0.6) is 0 Å². The van der Waals surface area contributed by atoms with E-state index in [2.05, 4.69) is 17.1 Å². The van der Waals surface area contributed by atoms with Gasteiger partial charge in [0.15, 0.2) is 0 Å². The molecule has 2 aliphatic rings. The van der Waals surface area contributed by atoms with Crippen molar-refractivity contribution in [1.82, 2.24) is 10.2 Å². The molecule has 2 fully saturated rings. The van der Waals surface area contributed by atoms with Gasteiger partial charge in [-0.15, -0.1) is 0 Å². The Bertz CT molecular complexity index is 242. The monoisotopic (exact) mass is 211 g/mol. The molecule has 0 saturated carbocycles. The molecule has 3 N–H and O–H groups in total. The van der Waals surface area contributed by atoms with Gasteiger partial charge in [-0.2, -0.15) is 0 Å². The molecule has 4 nitrogen and oxygen atoms in total. The van der Waals surface area contributed by atoms with Gasteiger partial charge in [-0.05, 0) is 32.2 Å². The van der Waals surface area contributed by atoms with E-state index in [1.807, 2.05) is 0 Å². The van der Waals surface area contributed by atoms with E-state index in [1.165, 1.54) is 6.42 Å². The predicted molar refractivity (Wildman–Crippen MR) is 59.4 cm³/mol. The normalized spacial score (nSPS) is 34.4. The maximum Gasteiger partial charge on any atom is 0.220 e. The number of hydrogen-bond acceptors (Lipinski definition) is 3. The smallest absolute Gasteiger partial charge is 0.220 e. The Hall–Kier alpha value is -0.610. The molecule has 15 heavy (non-hydrogen) atoms. The Balaban J connectivity index is 1.75. The van der Waals surface area contributed by atoms with E-state index in [0.29, 0.717) is 24.4 Å². The summed E-state index contributed by atoms with van der Waals surface area (Å²) in [4.78, 5) is 13.5. The highest BCUT2D eigenvalue weighted by molar-refractivity contribution is 5.78. The van der Waals surface area contributed by atoms with Gasteiger partial charge in [0, 0.05) is 31.6 Å². The number of hydrogen-bond donors (Lipinski definition) is 2. The summed E-state index contributed by atoms with van der Waals surface area (Å²) in [6.45, 7) is 5.34. The molecule has 2 heterocycles. The second kappa shape index (κ2) is 4.49. The van der Waals surface area contributed by atoms with Crippen LogP contribution in [0.25, 0.3) is 0 Å². The fraction of sp³-hybridized carbons (Fsp3) is 0.909. The van der Waals surface area contributed by atoms with E-state index >= 15 is 0 Å². The number of nitrogens with two attached hydrogens (primary N) is 1. The van der Waals surface area contributed by atoms with Crippen molar-refractivity contribution in [3.63, 3.8) is 0 Å². The largest absolute Gasteiger partial charge is 0.352 e. The first-order chi connectivity index (χ1) is 7.15. The van der Waals surface area contributed by atoms with Gasteiger partial charge in [-0.3, -0.25) is 4.79 Å². The van der Waals surface area contributed by atoms with Crippen LogP contribution in [0.15, 0.2) is 0 Å². The first-order valence-electron chi connectivity index (χ1n) is 5.92. The molecule has 0 aliphatic carbocycles. The van der Waals surface area contributed by atoms with Gasteiger partial charge in [0.2, 0.25) is 5.91 Å². The fourth-order valence-corrected chi connectivity index (χ4v) is 2.58. The Morgan fingerprint density at radius 1 is 1.60 bits per heavy atom. The summed E-state index contributed by atoms with van der Waals surface area (Å²) in [6, 6.07) is 0.678. The standard InChI is InChI=1S/C11H21N3O/c1-8(12)9-4-5-14(6-9)7-10-2-3-11(15)13-10/h8-10H,2-7,12H2,1H3,(H,13,15). The molecule has 0 radical (unpaired) electrons. The molecule has 0 aromatic heterocycles. The zero-order valence-electron chi connectivity index (χ0n) is 9.41. The second-order valence-corrected chi connectivity index (χ2v) is 4.97. The first kappa shape index (κ1) is 10.9. The molecule has 0 bridgehead atoms. The van der Waals surface area contributed by atoms with Crippen LogP contribution in [-0.4, -0.2) is 42.5 Å². The summed E-state index contributed by atoms with van der Waals surface area (Å²) in [5.74, 6) is 0.852. The minimum Gasteiger partial charge on any atom is -0.352 e. The summed E-state index contributed by atoms with van der Waals surface area (Å²) in [5.41, 5.74) is 5.89. The van der Waals surface area contributed by atoms with Gasteiger partial charge >= 0.3 is 0 Å². The van der Waals surface area contributed by atoms with Crippen LogP contribution in [-0.2, 0) is 4.79 Å². The number of nitrogens with one attached hydrogen (secondary N) is 1. The topological polar surface area (TPSA) is 58.4 Å². The highest BCUT2D eigenvalue weighted by Gasteiger charge is 2.29. The summed E-state index contributed by atoms with van der Waals surface area (Å²) in [6.07, 6.45) is 2.91. The molecule has 0 aromatic rings. The third-order valence-corrected chi connectivity index (χ3v) is 3.62. The van der Waals surface area contributed by atoms with Crippen molar-refractivity contribution in [3.05, 3.63) is 0 Å². The van der Waals surface area contributed by atoms with Crippen LogP contribution < -0.4 is 11.1 Å². The van der Waals surface area contributed by atoms with Crippen LogP contribution in [0.2, 0.25) is 0 Å². The summed E-state index contributed by atoms with van der Waals surface area (Å²) < 4.78 is 0. The minimum atomic E-state index is 0.211. The van der Waals surface area contributed by atoms with Crippen LogP contribution in [0.4, 0.5) is 0 Å². The summed E-state index contributed by atoms with van der Waals surface area (Å²) in [7, 11) is 0. The van der Waals surface area contributed by atoms with E-state index in [1.54, 1.807) is 0 Å². The molecule has 0 spiro atoms. The van der Waals surface area contributed by atoms with Crippen molar-refractivity contribution < 1.29 is 4.79 Å². The van der Waals surface area contributed by atoms with E-state index in [9.17, 15) is 4.79 Å². The third-order valence-electron chi connectivity index (χ3n) is 3.62. The maximum absolute atomic E-state index is 11.1. The van der Waals surface area contributed by atoms with E-state index in [4.69, 9.17) is 5.73 Å². The molecule has 86 valence electrons. The Labute approximate surface area is 91.2 Å². The lowest BCUT2D eigenvalue weighted by atomic mass is 10.0. The van der Waals surface area contributed by atoms with Crippen LogP contribution in [0.1, 0.15) is 26.2 Å². The second-order valence-electron chi connectivity index (χ2n) is 4.97. The van der Waals surface area contributed by atoms with Crippen LogP contribution in [0.3, 0.4) is 0 Å². The van der Waals surface area contributed by atoms with E-state index < -0.39 is 0 Å². The average molecular weight is 211 g/mol. The molecule has 4 heteroatoms.